The minimum Gasteiger partial charge on any atom is -0.497 e. The lowest BCUT2D eigenvalue weighted by atomic mass is 9.71. The molecular weight excluding hydrogens is 403 g/mol. The third-order valence-corrected chi connectivity index (χ3v) is 7.18. The van der Waals surface area contributed by atoms with Crippen LogP contribution < -0.4 is 0 Å². The van der Waals surface area contributed by atoms with E-state index in [1.807, 2.05) is 32.9 Å². The summed E-state index contributed by atoms with van der Waals surface area (Å²) in [5.74, 6) is -2.29. The molecule has 4 atom stereocenters. The zero-order valence-electron chi connectivity index (χ0n) is 17.1. The van der Waals surface area contributed by atoms with E-state index in [1.165, 1.54) is 0 Å². The van der Waals surface area contributed by atoms with Crippen molar-refractivity contribution in [3.05, 3.63) is 34.4 Å². The van der Waals surface area contributed by atoms with Crippen LogP contribution in [0.4, 0.5) is 0 Å². The number of Topliss-reactive ketones (excluding diaryl/α,β-unsaturated/α-hetero) is 1. The lowest BCUT2D eigenvalue weighted by Gasteiger charge is -2.37. The highest BCUT2D eigenvalue weighted by molar-refractivity contribution is 7.58. The predicted molar refractivity (Wildman–Crippen MR) is 105 cm³/mol. The van der Waals surface area contributed by atoms with Crippen LogP contribution in [-0.2, 0) is 23.1 Å². The predicted octanol–water partition coefficient (Wildman–Crippen LogP) is 2.13. The average Bonchev–Trinajstić information content (AvgIpc) is 2.97. The summed E-state index contributed by atoms with van der Waals surface area (Å²) in [6.45, 7) is 6.52. The fourth-order valence-corrected chi connectivity index (χ4v) is 5.43. The van der Waals surface area contributed by atoms with Gasteiger partial charge in [0.2, 0.25) is 0 Å². The van der Waals surface area contributed by atoms with Gasteiger partial charge in [-0.15, -0.1) is 0 Å². The number of hydrogen-bond donors (Lipinski definition) is 3. The Kier molecular flexibility index (Phi) is 6.92. The van der Waals surface area contributed by atoms with E-state index in [2.05, 4.69) is 0 Å². The maximum absolute atomic E-state index is 13.5. The minimum atomic E-state index is -4.40. The Labute approximate surface area is 169 Å². The number of hydrogen-bond acceptors (Lipinski definition) is 8. The van der Waals surface area contributed by atoms with Crippen LogP contribution in [0.15, 0.2) is 34.4 Å². The summed E-state index contributed by atoms with van der Waals surface area (Å²) in [5, 5.41) is 28.7. The van der Waals surface area contributed by atoms with Gasteiger partial charge in [-0.1, -0.05) is 26.0 Å². The van der Waals surface area contributed by atoms with E-state index in [0.717, 1.165) is 12.7 Å². The number of cyclic esters (lactones) is 1. The number of esters is 1. The van der Waals surface area contributed by atoms with Crippen molar-refractivity contribution in [2.24, 2.45) is 5.41 Å². The molecule has 0 fully saturated rings. The van der Waals surface area contributed by atoms with Gasteiger partial charge in [-0.3, -0.25) is 13.9 Å². The van der Waals surface area contributed by atoms with E-state index in [0.29, 0.717) is 5.57 Å². The topological polar surface area (TPSA) is 144 Å². The average molecular weight is 431 g/mol. The van der Waals surface area contributed by atoms with Gasteiger partial charge >= 0.3 is 13.6 Å². The molecular formula is C19H28O9P+. The van der Waals surface area contributed by atoms with Crippen molar-refractivity contribution in [3.63, 3.8) is 0 Å². The largest absolute Gasteiger partial charge is 0.555 e. The molecule has 0 bridgehead atoms. The third-order valence-electron chi connectivity index (χ3n) is 5.12. The Hall–Kier alpha value is -1.77. The number of ketones is 1. The number of allylic oxidation sites excluding steroid dienone is 3. The summed E-state index contributed by atoms with van der Waals surface area (Å²) in [6, 6.07) is 0. The Bertz CT molecular complexity index is 837. The van der Waals surface area contributed by atoms with Crippen LogP contribution in [-0.4, -0.2) is 63.9 Å². The second-order valence-corrected chi connectivity index (χ2v) is 9.65. The quantitative estimate of drug-likeness (QED) is 0.316. The first-order valence-corrected chi connectivity index (χ1v) is 10.7. The van der Waals surface area contributed by atoms with Crippen molar-refractivity contribution in [3.8, 4) is 0 Å². The lowest BCUT2D eigenvalue weighted by Crippen LogP contribution is -2.38. The number of carbonyl (C=O) groups excluding carboxylic acids is 2. The van der Waals surface area contributed by atoms with Gasteiger partial charge in [0, 0.05) is 7.11 Å². The zero-order chi connectivity index (χ0) is 22.1. The molecule has 2 aliphatic rings. The molecule has 1 heterocycles. The second-order valence-electron chi connectivity index (χ2n) is 7.59. The number of ether oxygens (including phenoxy) is 1. The van der Waals surface area contributed by atoms with Crippen molar-refractivity contribution < 1.29 is 43.3 Å². The van der Waals surface area contributed by atoms with Crippen molar-refractivity contribution in [1.29, 1.82) is 0 Å². The van der Waals surface area contributed by atoms with E-state index in [-0.39, 0.29) is 12.2 Å². The molecule has 4 N–H and O–H groups in total. The number of carbonyl (C=O) groups is 1. The van der Waals surface area contributed by atoms with Crippen LogP contribution in [0, 0.1) is 5.41 Å². The summed E-state index contributed by atoms with van der Waals surface area (Å²) >= 11 is 0. The van der Waals surface area contributed by atoms with Gasteiger partial charge in [-0.2, -0.15) is 0 Å². The van der Waals surface area contributed by atoms with Gasteiger partial charge in [0.15, 0.2) is 11.1 Å². The molecule has 0 saturated heterocycles. The number of aliphatic hydroxyl groups is 3. The highest BCUT2D eigenvalue weighted by Gasteiger charge is 2.57. The normalized spacial score (nSPS) is 28.1. The first-order valence-electron chi connectivity index (χ1n) is 9.11. The van der Waals surface area contributed by atoms with Gasteiger partial charge in [-0.05, 0) is 36.8 Å². The molecule has 2 rings (SSSR count). The third kappa shape index (κ3) is 4.25. The highest BCUT2D eigenvalue weighted by atomic mass is 31.2. The molecule has 1 aliphatic carbocycles. The maximum Gasteiger partial charge on any atom is 0.555 e. The monoisotopic (exact) mass is 431 g/mol. The molecule has 0 aromatic carbocycles. The van der Waals surface area contributed by atoms with Crippen molar-refractivity contribution in [1.82, 2.24) is 0 Å². The smallest absolute Gasteiger partial charge is 0.497 e. The first-order chi connectivity index (χ1) is 13.4. The van der Waals surface area contributed by atoms with Crippen LogP contribution in [0.1, 0.15) is 34.1 Å². The lowest BCUT2D eigenvalue weighted by molar-refractivity contribution is -0.124. The molecule has 9 nitrogen and oxygen atoms in total. The maximum atomic E-state index is 13.5. The van der Waals surface area contributed by atoms with E-state index in [1.54, 1.807) is 6.92 Å². The standard InChI is InChI=1S/C19H27O9P/c1-6-7-11-10(2)14(22)13(8-19(11,3)4)28-29(25,26-5)17-15(23)18(24)27-16(17)12(21)9-20/h6-7,12-13,16,20-21,23H,8-9H2,1-5H3/p+1/b7-6+/t12-,13?,16+,29?/m0/s1. The molecule has 2 unspecified atom stereocenters. The van der Waals surface area contributed by atoms with Gasteiger partial charge in [0.05, 0.1) is 6.61 Å². The molecule has 10 heteroatoms. The first kappa shape index (κ1) is 23.5. The molecule has 0 radical (unpaired) electrons. The fourth-order valence-electron chi connectivity index (χ4n) is 3.63. The van der Waals surface area contributed by atoms with Gasteiger partial charge in [-0.25, -0.2) is 0 Å². The van der Waals surface area contributed by atoms with Gasteiger partial charge in [0.1, 0.15) is 12.2 Å². The molecule has 29 heavy (non-hydrogen) atoms. The van der Waals surface area contributed by atoms with E-state index < -0.39 is 55.0 Å². The molecule has 0 amide bonds. The van der Waals surface area contributed by atoms with Gasteiger partial charge in [0.25, 0.3) is 11.9 Å². The van der Waals surface area contributed by atoms with E-state index >= 15 is 0 Å². The Balaban J connectivity index is 2.47. The van der Waals surface area contributed by atoms with Crippen LogP contribution in [0.2, 0.25) is 0 Å². The van der Waals surface area contributed by atoms with E-state index in [4.69, 9.17) is 13.8 Å². The molecule has 0 aromatic rings. The molecule has 162 valence electrons. The molecule has 0 spiro atoms. The van der Waals surface area contributed by atoms with Crippen molar-refractivity contribution >= 4 is 19.3 Å². The molecule has 0 aromatic heterocycles. The van der Waals surface area contributed by atoms with Crippen LogP contribution in [0.5, 0.6) is 0 Å². The fraction of sp³-hybridized carbons (Fsp3) is 0.579. The minimum absolute atomic E-state index is 0.189. The summed E-state index contributed by atoms with van der Waals surface area (Å²) in [5.41, 5.74) is 0.811. The van der Waals surface area contributed by atoms with Crippen LogP contribution in [0.25, 0.3) is 0 Å². The summed E-state index contributed by atoms with van der Waals surface area (Å²) < 4.78 is 29.0. The molecule has 0 saturated carbocycles. The number of aliphatic hydroxyl groups excluding tert-OH is 3. The zero-order valence-corrected chi connectivity index (χ0v) is 18.0. The summed E-state index contributed by atoms with van der Waals surface area (Å²) in [4.78, 5) is 22.6. The van der Waals surface area contributed by atoms with Gasteiger partial charge < -0.3 is 29.4 Å². The Morgan fingerprint density at radius 3 is 2.59 bits per heavy atom. The van der Waals surface area contributed by atoms with E-state index in [9.17, 15) is 29.5 Å². The highest BCUT2D eigenvalue weighted by Crippen LogP contribution is 2.62. The van der Waals surface area contributed by atoms with Crippen molar-refractivity contribution in [2.45, 2.75) is 52.4 Å². The Morgan fingerprint density at radius 2 is 2.07 bits per heavy atom. The summed E-state index contributed by atoms with van der Waals surface area (Å²) in [7, 11) is -3.35. The Morgan fingerprint density at radius 1 is 1.45 bits per heavy atom. The molecule has 1 aliphatic heterocycles. The van der Waals surface area contributed by atoms with Crippen LogP contribution >= 0.6 is 7.60 Å². The summed E-state index contributed by atoms with van der Waals surface area (Å²) in [6.07, 6.45) is -0.474. The van der Waals surface area contributed by atoms with Crippen molar-refractivity contribution in [2.75, 3.05) is 13.7 Å². The SMILES string of the molecule is C/C=C/C1=C(C)C(=O)C(OP(=O)(OC)C2=C(O)C(=[OH+])O[C@@H]2[C@@H](O)CO)CC1(C)C. The second kappa shape index (κ2) is 8.53. The van der Waals surface area contributed by atoms with Crippen LogP contribution in [0.3, 0.4) is 0 Å². The number of rotatable bonds is 7.